The van der Waals surface area contributed by atoms with Crippen LogP contribution < -0.4 is 20.9 Å². The molecule has 3 heterocycles. The van der Waals surface area contributed by atoms with Gasteiger partial charge in [0.05, 0.1) is 5.70 Å². The molecule has 3 aliphatic heterocycles. The largest absolute Gasteiger partial charge is 0.357 e. The SMILES string of the molecule is Cc1cc(C(=O)N2CCCCc3ccccc32)ccc1CNC(=O)NC1=CC=CNC12CO2. The Bertz CT molecular complexity index is 1150. The molecule has 1 saturated heterocycles. The van der Waals surface area contributed by atoms with Gasteiger partial charge >= 0.3 is 6.03 Å². The summed E-state index contributed by atoms with van der Waals surface area (Å²) in [7, 11) is 0. The van der Waals surface area contributed by atoms with Crippen molar-refractivity contribution in [3.05, 3.63) is 88.8 Å². The lowest BCUT2D eigenvalue weighted by molar-refractivity contribution is 0.0987. The van der Waals surface area contributed by atoms with Crippen LogP contribution in [0.3, 0.4) is 0 Å². The molecule has 3 amide bonds. The zero-order valence-electron chi connectivity index (χ0n) is 18.7. The molecule has 0 aromatic heterocycles. The number of benzene rings is 2. The third-order valence-electron chi connectivity index (χ3n) is 6.43. The Labute approximate surface area is 193 Å². The van der Waals surface area contributed by atoms with E-state index in [-0.39, 0.29) is 11.9 Å². The van der Waals surface area contributed by atoms with Gasteiger partial charge in [0.2, 0.25) is 5.72 Å². The van der Waals surface area contributed by atoms with Crippen LogP contribution in [0.1, 0.15) is 39.9 Å². The Morgan fingerprint density at radius 3 is 2.85 bits per heavy atom. The fourth-order valence-electron chi connectivity index (χ4n) is 4.42. The van der Waals surface area contributed by atoms with Crippen molar-refractivity contribution >= 4 is 17.6 Å². The van der Waals surface area contributed by atoms with Crippen LogP contribution in [0, 0.1) is 6.92 Å². The van der Waals surface area contributed by atoms with Gasteiger partial charge in [0.1, 0.15) is 6.61 Å². The number of allylic oxidation sites excluding steroid dienone is 2. The van der Waals surface area contributed by atoms with Crippen LogP contribution in [-0.2, 0) is 17.7 Å². The van der Waals surface area contributed by atoms with E-state index in [0.29, 0.717) is 24.4 Å². The third kappa shape index (κ3) is 4.36. The highest BCUT2D eigenvalue weighted by molar-refractivity contribution is 6.06. The fourth-order valence-corrected chi connectivity index (χ4v) is 4.42. The molecule has 7 heteroatoms. The molecule has 5 rings (SSSR count). The number of rotatable bonds is 4. The highest BCUT2D eigenvalue weighted by Crippen LogP contribution is 2.32. The molecule has 3 N–H and O–H groups in total. The summed E-state index contributed by atoms with van der Waals surface area (Å²) < 4.78 is 5.44. The first-order chi connectivity index (χ1) is 16.1. The lowest BCUT2D eigenvalue weighted by atomic mass is 10.0. The molecular formula is C26H28N4O3. The molecule has 33 heavy (non-hydrogen) atoms. The van der Waals surface area contributed by atoms with E-state index in [1.54, 1.807) is 6.20 Å². The van der Waals surface area contributed by atoms with Gasteiger partial charge in [0.15, 0.2) is 0 Å². The molecular weight excluding hydrogens is 416 g/mol. The van der Waals surface area contributed by atoms with Gasteiger partial charge in [-0.2, -0.15) is 0 Å². The number of nitrogens with zero attached hydrogens (tertiary/aromatic N) is 1. The molecule has 1 unspecified atom stereocenters. The number of carbonyl (C=O) groups excluding carboxylic acids is 2. The number of anilines is 1. The number of para-hydroxylation sites is 1. The predicted octanol–water partition coefficient (Wildman–Crippen LogP) is 3.50. The Balaban J connectivity index is 1.24. The van der Waals surface area contributed by atoms with Crippen molar-refractivity contribution in [2.24, 2.45) is 0 Å². The van der Waals surface area contributed by atoms with E-state index in [1.807, 2.05) is 60.4 Å². The number of nitrogens with one attached hydrogen (secondary N) is 3. The minimum absolute atomic E-state index is 0.0178. The third-order valence-corrected chi connectivity index (χ3v) is 6.43. The van der Waals surface area contributed by atoms with E-state index >= 15 is 0 Å². The molecule has 1 spiro atoms. The molecule has 2 aromatic rings. The van der Waals surface area contributed by atoms with Crippen LogP contribution in [0.5, 0.6) is 0 Å². The monoisotopic (exact) mass is 444 g/mol. The maximum absolute atomic E-state index is 13.3. The number of amides is 3. The highest BCUT2D eigenvalue weighted by atomic mass is 16.6. The van der Waals surface area contributed by atoms with Crippen molar-refractivity contribution in [3.8, 4) is 0 Å². The number of ether oxygens (including phenoxy) is 1. The van der Waals surface area contributed by atoms with Crippen LogP contribution in [0.25, 0.3) is 0 Å². The van der Waals surface area contributed by atoms with Gasteiger partial charge in [0.25, 0.3) is 5.91 Å². The number of fused-ring (bicyclic) bond motifs is 1. The van der Waals surface area contributed by atoms with Gasteiger partial charge in [-0.15, -0.1) is 0 Å². The maximum atomic E-state index is 13.3. The summed E-state index contributed by atoms with van der Waals surface area (Å²) in [6, 6.07) is 13.5. The lowest BCUT2D eigenvalue weighted by Crippen LogP contribution is -2.44. The van der Waals surface area contributed by atoms with Gasteiger partial charge < -0.3 is 25.6 Å². The van der Waals surface area contributed by atoms with Crippen molar-refractivity contribution < 1.29 is 14.3 Å². The van der Waals surface area contributed by atoms with Crippen molar-refractivity contribution in [1.29, 1.82) is 0 Å². The summed E-state index contributed by atoms with van der Waals surface area (Å²) in [4.78, 5) is 27.7. The summed E-state index contributed by atoms with van der Waals surface area (Å²) in [5.74, 6) is 0.0178. The Hall–Kier alpha value is -3.58. The molecule has 0 aliphatic carbocycles. The van der Waals surface area contributed by atoms with Gasteiger partial charge in [-0.3, -0.25) is 4.79 Å². The second kappa shape index (κ2) is 8.75. The van der Waals surface area contributed by atoms with Crippen molar-refractivity contribution in [3.63, 3.8) is 0 Å². The van der Waals surface area contributed by atoms with Crippen LogP contribution in [0.4, 0.5) is 10.5 Å². The first kappa shape index (κ1) is 21.3. The van der Waals surface area contributed by atoms with Gasteiger partial charge in [-0.25, -0.2) is 4.79 Å². The molecule has 1 fully saturated rings. The van der Waals surface area contributed by atoms with Crippen molar-refractivity contribution in [2.75, 3.05) is 18.1 Å². The summed E-state index contributed by atoms with van der Waals surface area (Å²) in [5, 5.41) is 8.87. The smallest absolute Gasteiger partial charge is 0.319 e. The molecule has 7 nitrogen and oxygen atoms in total. The molecule has 2 aromatic carbocycles. The van der Waals surface area contributed by atoms with Crippen molar-refractivity contribution in [2.45, 2.75) is 38.5 Å². The topological polar surface area (TPSA) is 86.0 Å². The molecule has 0 saturated carbocycles. The highest BCUT2D eigenvalue weighted by Gasteiger charge is 2.49. The number of carbonyl (C=O) groups is 2. The number of dihydropyridines is 1. The van der Waals surface area contributed by atoms with Crippen LogP contribution >= 0.6 is 0 Å². The summed E-state index contributed by atoms with van der Waals surface area (Å²) >= 11 is 0. The summed E-state index contributed by atoms with van der Waals surface area (Å²) in [5.41, 5.74) is 4.94. The van der Waals surface area contributed by atoms with Gasteiger partial charge in [-0.1, -0.05) is 24.3 Å². The molecule has 0 bridgehead atoms. The minimum atomic E-state index is -0.587. The summed E-state index contributed by atoms with van der Waals surface area (Å²) in [6.07, 6.45) is 8.53. The fraction of sp³-hybridized carbons (Fsp3) is 0.308. The standard InChI is InChI=1S/C26H28N4O3/c1-18-15-20(24(31)30-14-5-4-8-19-7-2-3-9-22(19)30)11-12-21(18)16-27-25(32)29-23-10-6-13-28-26(23)17-33-26/h2-3,6-7,9-13,15,28H,4-5,8,14,16-17H2,1H3,(H2,27,29,32). The normalized spacial score (nSPS) is 20.9. The summed E-state index contributed by atoms with van der Waals surface area (Å²) in [6.45, 7) is 3.58. The zero-order valence-corrected chi connectivity index (χ0v) is 18.7. The average molecular weight is 445 g/mol. The first-order valence-electron chi connectivity index (χ1n) is 11.4. The second-order valence-electron chi connectivity index (χ2n) is 8.69. The molecule has 170 valence electrons. The Kier molecular flexibility index (Phi) is 5.64. The van der Waals surface area contributed by atoms with E-state index in [1.165, 1.54) is 5.56 Å². The van der Waals surface area contributed by atoms with E-state index in [9.17, 15) is 9.59 Å². The lowest BCUT2D eigenvalue weighted by Gasteiger charge is -2.23. The second-order valence-corrected chi connectivity index (χ2v) is 8.69. The predicted molar refractivity (Wildman–Crippen MR) is 127 cm³/mol. The first-order valence-corrected chi connectivity index (χ1v) is 11.4. The van der Waals surface area contributed by atoms with Crippen LogP contribution in [-0.4, -0.2) is 30.8 Å². The number of aryl methyl sites for hydroxylation is 2. The van der Waals surface area contributed by atoms with E-state index < -0.39 is 5.72 Å². The molecule has 1 atom stereocenters. The average Bonchev–Trinajstić information content (AvgIpc) is 3.63. The van der Waals surface area contributed by atoms with Gasteiger partial charge in [-0.05, 0) is 79.4 Å². The molecule has 0 radical (unpaired) electrons. The number of urea groups is 1. The van der Waals surface area contributed by atoms with Crippen LogP contribution in [0.15, 0.2) is 66.5 Å². The van der Waals surface area contributed by atoms with E-state index in [2.05, 4.69) is 22.0 Å². The minimum Gasteiger partial charge on any atom is -0.357 e. The zero-order chi connectivity index (χ0) is 22.8. The Morgan fingerprint density at radius 2 is 2.03 bits per heavy atom. The number of hydrogen-bond acceptors (Lipinski definition) is 4. The van der Waals surface area contributed by atoms with E-state index in [4.69, 9.17) is 4.74 Å². The number of hydrogen-bond donors (Lipinski definition) is 3. The quantitative estimate of drug-likeness (QED) is 0.630. The molecule has 3 aliphatic rings. The van der Waals surface area contributed by atoms with Crippen molar-refractivity contribution in [1.82, 2.24) is 16.0 Å². The van der Waals surface area contributed by atoms with E-state index in [0.717, 1.165) is 42.6 Å². The van der Waals surface area contributed by atoms with Gasteiger partial charge in [0, 0.05) is 24.3 Å². The van der Waals surface area contributed by atoms with Crippen LogP contribution in [0.2, 0.25) is 0 Å². The maximum Gasteiger partial charge on any atom is 0.319 e. The Morgan fingerprint density at radius 1 is 1.18 bits per heavy atom. The number of epoxide rings is 1.